The minimum atomic E-state index is -0.531. The van der Waals surface area contributed by atoms with Crippen molar-refractivity contribution in [2.24, 2.45) is 0 Å². The second-order valence-corrected chi connectivity index (χ2v) is 5.60. The fourth-order valence-corrected chi connectivity index (χ4v) is 2.52. The van der Waals surface area contributed by atoms with Crippen LogP contribution in [0.2, 0.25) is 0 Å². The molecular weight excluding hydrogens is 298 g/mol. The first-order valence-corrected chi connectivity index (χ1v) is 7.67. The summed E-state index contributed by atoms with van der Waals surface area (Å²) in [6, 6.07) is 3.76. The number of pyridine rings is 1. The standard InChI is InChI=1S/C16H23N3O4/c1-18(16(21)22-2)12-15(20)19(11-14-6-4-8-23-14)10-13-5-3-7-17-9-13/h3,5,7,9,14H,4,6,8,10-12H2,1-2H3. The molecule has 7 heteroatoms. The molecule has 1 atom stereocenters. The minimum Gasteiger partial charge on any atom is -0.453 e. The van der Waals surface area contributed by atoms with Crippen LogP contribution in [0.4, 0.5) is 4.79 Å². The van der Waals surface area contributed by atoms with Crippen LogP contribution in [0.1, 0.15) is 18.4 Å². The van der Waals surface area contributed by atoms with Gasteiger partial charge in [0.05, 0.1) is 13.2 Å². The van der Waals surface area contributed by atoms with Gasteiger partial charge in [0, 0.05) is 39.1 Å². The molecule has 126 valence electrons. The first-order chi connectivity index (χ1) is 11.1. The first-order valence-electron chi connectivity index (χ1n) is 7.67. The molecule has 1 aromatic rings. The van der Waals surface area contributed by atoms with Gasteiger partial charge in [-0.3, -0.25) is 9.78 Å². The molecule has 0 aromatic carbocycles. The van der Waals surface area contributed by atoms with Crippen molar-refractivity contribution >= 4 is 12.0 Å². The van der Waals surface area contributed by atoms with E-state index < -0.39 is 6.09 Å². The number of hydrogen-bond acceptors (Lipinski definition) is 5. The van der Waals surface area contributed by atoms with Gasteiger partial charge in [0.2, 0.25) is 5.91 Å². The van der Waals surface area contributed by atoms with E-state index >= 15 is 0 Å². The zero-order chi connectivity index (χ0) is 16.7. The molecule has 0 spiro atoms. The largest absolute Gasteiger partial charge is 0.453 e. The van der Waals surface area contributed by atoms with Crippen LogP contribution in [-0.4, -0.2) is 66.7 Å². The molecule has 0 N–H and O–H groups in total. The van der Waals surface area contributed by atoms with Crippen LogP contribution in [0, 0.1) is 0 Å². The Morgan fingerprint density at radius 1 is 1.48 bits per heavy atom. The molecule has 0 aliphatic carbocycles. The van der Waals surface area contributed by atoms with E-state index in [1.54, 1.807) is 17.3 Å². The SMILES string of the molecule is COC(=O)N(C)CC(=O)N(Cc1cccnc1)CC1CCCO1. The molecule has 23 heavy (non-hydrogen) atoms. The zero-order valence-corrected chi connectivity index (χ0v) is 13.6. The van der Waals surface area contributed by atoms with Crippen molar-refractivity contribution in [2.75, 3.05) is 33.9 Å². The van der Waals surface area contributed by atoms with E-state index in [2.05, 4.69) is 9.72 Å². The van der Waals surface area contributed by atoms with Gasteiger partial charge in [0.15, 0.2) is 0 Å². The van der Waals surface area contributed by atoms with E-state index in [1.807, 2.05) is 12.1 Å². The second kappa shape index (κ2) is 8.47. The lowest BCUT2D eigenvalue weighted by Gasteiger charge is -2.27. The van der Waals surface area contributed by atoms with Gasteiger partial charge < -0.3 is 19.3 Å². The lowest BCUT2D eigenvalue weighted by atomic mass is 10.2. The normalized spacial score (nSPS) is 16.9. The number of carbonyl (C=O) groups excluding carboxylic acids is 2. The number of ether oxygens (including phenoxy) is 2. The third kappa shape index (κ3) is 5.21. The van der Waals surface area contributed by atoms with E-state index in [9.17, 15) is 9.59 Å². The average Bonchev–Trinajstić information content (AvgIpc) is 3.07. The lowest BCUT2D eigenvalue weighted by molar-refractivity contribution is -0.134. The van der Waals surface area contributed by atoms with Crippen LogP contribution in [0.25, 0.3) is 0 Å². The summed E-state index contributed by atoms with van der Waals surface area (Å²) in [5, 5.41) is 0. The molecule has 1 unspecified atom stereocenters. The lowest BCUT2D eigenvalue weighted by Crippen LogP contribution is -2.43. The Bertz CT molecular complexity index is 517. The molecular formula is C16H23N3O4. The summed E-state index contributed by atoms with van der Waals surface area (Å²) in [5.41, 5.74) is 0.944. The summed E-state index contributed by atoms with van der Waals surface area (Å²) in [6.45, 7) is 1.67. The molecule has 0 bridgehead atoms. The quantitative estimate of drug-likeness (QED) is 0.789. The number of rotatable bonds is 6. The van der Waals surface area contributed by atoms with Crippen molar-refractivity contribution in [1.82, 2.24) is 14.8 Å². The average molecular weight is 321 g/mol. The number of carbonyl (C=O) groups is 2. The maximum atomic E-state index is 12.6. The van der Waals surface area contributed by atoms with E-state index in [0.717, 1.165) is 25.0 Å². The van der Waals surface area contributed by atoms with Crippen LogP contribution in [0.15, 0.2) is 24.5 Å². The highest BCUT2D eigenvalue weighted by atomic mass is 16.5. The molecule has 1 saturated heterocycles. The van der Waals surface area contributed by atoms with Crippen molar-refractivity contribution in [3.05, 3.63) is 30.1 Å². The van der Waals surface area contributed by atoms with E-state index in [-0.39, 0.29) is 18.6 Å². The second-order valence-electron chi connectivity index (χ2n) is 5.60. The van der Waals surface area contributed by atoms with E-state index in [4.69, 9.17) is 4.74 Å². The van der Waals surface area contributed by atoms with Gasteiger partial charge in [0.25, 0.3) is 0 Å². The van der Waals surface area contributed by atoms with Gasteiger partial charge in [-0.15, -0.1) is 0 Å². The summed E-state index contributed by atoms with van der Waals surface area (Å²) in [5.74, 6) is -0.141. The van der Waals surface area contributed by atoms with Gasteiger partial charge in [-0.2, -0.15) is 0 Å². The highest BCUT2D eigenvalue weighted by molar-refractivity contribution is 5.82. The van der Waals surface area contributed by atoms with Crippen LogP contribution in [-0.2, 0) is 20.8 Å². The predicted molar refractivity (Wildman–Crippen MR) is 83.7 cm³/mol. The maximum Gasteiger partial charge on any atom is 0.409 e. The highest BCUT2D eigenvalue weighted by Gasteiger charge is 2.24. The number of likely N-dealkylation sites (N-methyl/N-ethyl adjacent to an activating group) is 1. The van der Waals surface area contributed by atoms with Crippen LogP contribution < -0.4 is 0 Å². The molecule has 7 nitrogen and oxygen atoms in total. The summed E-state index contributed by atoms with van der Waals surface area (Å²) >= 11 is 0. The molecule has 0 saturated carbocycles. The van der Waals surface area contributed by atoms with Gasteiger partial charge in [-0.05, 0) is 24.5 Å². The number of nitrogens with zero attached hydrogens (tertiary/aromatic N) is 3. The number of amides is 2. The van der Waals surface area contributed by atoms with Crippen molar-refractivity contribution in [3.63, 3.8) is 0 Å². The van der Waals surface area contributed by atoms with Crippen LogP contribution in [0.5, 0.6) is 0 Å². The van der Waals surface area contributed by atoms with Crippen LogP contribution >= 0.6 is 0 Å². The number of aromatic nitrogens is 1. The van der Waals surface area contributed by atoms with E-state index in [0.29, 0.717) is 13.1 Å². The van der Waals surface area contributed by atoms with Gasteiger partial charge in [0.1, 0.15) is 6.54 Å². The molecule has 2 heterocycles. The summed E-state index contributed by atoms with van der Waals surface area (Å²) in [6.07, 6.45) is 4.92. The maximum absolute atomic E-state index is 12.6. The van der Waals surface area contributed by atoms with Crippen molar-refractivity contribution in [2.45, 2.75) is 25.5 Å². The van der Waals surface area contributed by atoms with E-state index in [1.165, 1.54) is 19.1 Å². The van der Waals surface area contributed by atoms with Gasteiger partial charge >= 0.3 is 6.09 Å². The third-order valence-electron chi connectivity index (χ3n) is 3.76. The Balaban J connectivity index is 2.02. The summed E-state index contributed by atoms with van der Waals surface area (Å²) < 4.78 is 10.3. The molecule has 1 fully saturated rings. The molecule has 1 aliphatic heterocycles. The molecule has 0 radical (unpaired) electrons. The van der Waals surface area contributed by atoms with Crippen LogP contribution in [0.3, 0.4) is 0 Å². The van der Waals surface area contributed by atoms with Gasteiger partial charge in [-0.1, -0.05) is 6.07 Å². The minimum absolute atomic E-state index is 0.0281. The zero-order valence-electron chi connectivity index (χ0n) is 13.6. The molecule has 2 rings (SSSR count). The third-order valence-corrected chi connectivity index (χ3v) is 3.76. The smallest absolute Gasteiger partial charge is 0.409 e. The van der Waals surface area contributed by atoms with Crippen molar-refractivity contribution in [3.8, 4) is 0 Å². The summed E-state index contributed by atoms with van der Waals surface area (Å²) in [7, 11) is 2.83. The van der Waals surface area contributed by atoms with Gasteiger partial charge in [-0.25, -0.2) is 4.79 Å². The molecule has 2 amide bonds. The fourth-order valence-electron chi connectivity index (χ4n) is 2.52. The number of methoxy groups -OCH3 is 1. The predicted octanol–water partition coefficient (Wildman–Crippen LogP) is 1.29. The molecule has 1 aliphatic rings. The summed E-state index contributed by atoms with van der Waals surface area (Å²) in [4.78, 5) is 31.1. The Morgan fingerprint density at radius 2 is 2.30 bits per heavy atom. The van der Waals surface area contributed by atoms with Crippen molar-refractivity contribution in [1.29, 1.82) is 0 Å². The Labute approximate surface area is 136 Å². The Morgan fingerprint density at radius 3 is 2.91 bits per heavy atom. The van der Waals surface area contributed by atoms with Crippen molar-refractivity contribution < 1.29 is 19.1 Å². The Hall–Kier alpha value is -2.15. The first kappa shape index (κ1) is 17.2. The molecule has 1 aromatic heterocycles. The number of hydrogen-bond donors (Lipinski definition) is 0. The highest BCUT2D eigenvalue weighted by Crippen LogP contribution is 2.15. The Kier molecular flexibility index (Phi) is 6.34. The topological polar surface area (TPSA) is 72.0 Å². The fraction of sp³-hybridized carbons (Fsp3) is 0.562. The monoisotopic (exact) mass is 321 g/mol.